The minimum absolute atomic E-state index is 0.0407. The number of aldehydes is 1. The molecule has 0 spiro atoms. The van der Waals surface area contributed by atoms with Crippen LogP contribution in [0.4, 0.5) is 0 Å². The minimum atomic E-state index is -0.111. The normalized spacial score (nSPS) is 29.8. The Morgan fingerprint density at radius 2 is 2.23 bits per heavy atom. The molecule has 1 aliphatic heterocycles. The van der Waals surface area contributed by atoms with E-state index in [2.05, 4.69) is 0 Å². The molecule has 0 N–H and O–H groups in total. The van der Waals surface area contributed by atoms with Crippen LogP contribution in [0.2, 0.25) is 0 Å². The Labute approximate surface area is 78.5 Å². The number of hydrogen-bond donors (Lipinski definition) is 0. The summed E-state index contributed by atoms with van der Waals surface area (Å²) in [5, 5.41) is 3.39. The number of nitrogens with zero attached hydrogens (tertiary/aromatic N) is 2. The fourth-order valence-electron chi connectivity index (χ4n) is 1.64. The summed E-state index contributed by atoms with van der Waals surface area (Å²) in [6, 6.07) is 0. The van der Waals surface area contributed by atoms with Crippen LogP contribution in [0.3, 0.4) is 0 Å². The molecule has 1 atom stereocenters. The first-order valence-electron chi connectivity index (χ1n) is 4.53. The van der Waals surface area contributed by atoms with E-state index in [1.54, 1.807) is 0 Å². The van der Waals surface area contributed by atoms with Crippen molar-refractivity contribution in [3.05, 3.63) is 0 Å². The zero-order chi connectivity index (χ0) is 10.1. The summed E-state index contributed by atoms with van der Waals surface area (Å²) >= 11 is 0. The van der Waals surface area contributed by atoms with Gasteiger partial charge in [0.1, 0.15) is 6.29 Å². The van der Waals surface area contributed by atoms with Crippen molar-refractivity contribution in [3.63, 3.8) is 0 Å². The summed E-state index contributed by atoms with van der Waals surface area (Å²) in [4.78, 5) is 21.8. The number of hydrogen-bond acceptors (Lipinski definition) is 3. The molecule has 13 heavy (non-hydrogen) atoms. The largest absolute Gasteiger partial charge is 0.301 e. The third-order valence-corrected chi connectivity index (χ3v) is 2.97. The van der Waals surface area contributed by atoms with Gasteiger partial charge in [-0.05, 0) is 13.3 Å². The zero-order valence-electron chi connectivity index (χ0n) is 8.41. The summed E-state index contributed by atoms with van der Waals surface area (Å²) in [5.74, 6) is 0.0407. The van der Waals surface area contributed by atoms with Crippen molar-refractivity contribution < 1.29 is 9.59 Å². The Morgan fingerprint density at radius 3 is 2.62 bits per heavy atom. The van der Waals surface area contributed by atoms with Gasteiger partial charge < -0.3 is 4.79 Å². The van der Waals surface area contributed by atoms with E-state index in [4.69, 9.17) is 0 Å². The summed E-state index contributed by atoms with van der Waals surface area (Å²) in [6.07, 6.45) is 2.17. The quantitative estimate of drug-likeness (QED) is 0.597. The molecule has 74 valence electrons. The van der Waals surface area contributed by atoms with Gasteiger partial charge in [0.2, 0.25) is 5.91 Å². The smallest absolute Gasteiger partial charge is 0.239 e. The Morgan fingerprint density at radius 1 is 1.62 bits per heavy atom. The van der Waals surface area contributed by atoms with Crippen molar-refractivity contribution in [2.75, 3.05) is 13.6 Å². The summed E-state index contributed by atoms with van der Waals surface area (Å²) in [5.41, 5.74) is -0.111. The molecule has 0 bridgehead atoms. The van der Waals surface area contributed by atoms with Crippen molar-refractivity contribution in [2.45, 2.75) is 32.2 Å². The molecule has 0 aromatic rings. The van der Waals surface area contributed by atoms with E-state index >= 15 is 0 Å². The van der Waals surface area contributed by atoms with E-state index in [9.17, 15) is 9.59 Å². The highest BCUT2D eigenvalue weighted by atomic mass is 16.2. The highest BCUT2D eigenvalue weighted by molar-refractivity contribution is 5.81. The molecule has 1 amide bonds. The second kappa shape index (κ2) is 3.46. The minimum Gasteiger partial charge on any atom is -0.301 e. The average Bonchev–Trinajstić information content (AvgIpc) is 2.31. The molecular formula is C9H16N2O2. The molecule has 1 rings (SSSR count). The lowest BCUT2D eigenvalue weighted by atomic mass is 9.96. The van der Waals surface area contributed by atoms with Gasteiger partial charge in [-0.15, -0.1) is 0 Å². The predicted molar refractivity (Wildman–Crippen MR) is 48.9 cm³/mol. The van der Waals surface area contributed by atoms with Crippen molar-refractivity contribution in [1.29, 1.82) is 0 Å². The fourth-order valence-corrected chi connectivity index (χ4v) is 1.64. The van der Waals surface area contributed by atoms with Crippen LogP contribution in [-0.2, 0) is 9.59 Å². The summed E-state index contributed by atoms with van der Waals surface area (Å²) < 4.78 is 0. The SMILES string of the molecule is CCC1(C)CC(=O)N(CC=O)N1C. The maximum absolute atomic E-state index is 11.5. The van der Waals surface area contributed by atoms with E-state index in [1.807, 2.05) is 25.9 Å². The van der Waals surface area contributed by atoms with Crippen LogP contribution in [0.5, 0.6) is 0 Å². The molecular weight excluding hydrogens is 168 g/mol. The molecule has 4 heteroatoms. The third kappa shape index (κ3) is 1.58. The van der Waals surface area contributed by atoms with Gasteiger partial charge >= 0.3 is 0 Å². The van der Waals surface area contributed by atoms with Crippen molar-refractivity contribution in [2.24, 2.45) is 0 Å². The average molecular weight is 184 g/mol. The van der Waals surface area contributed by atoms with Gasteiger partial charge in [0.15, 0.2) is 0 Å². The maximum Gasteiger partial charge on any atom is 0.239 e. The first-order chi connectivity index (χ1) is 6.05. The lowest BCUT2D eigenvalue weighted by molar-refractivity contribution is -0.140. The Balaban J connectivity index is 2.80. The summed E-state index contributed by atoms with van der Waals surface area (Å²) in [7, 11) is 1.86. The van der Waals surface area contributed by atoms with Crippen LogP contribution >= 0.6 is 0 Å². The first kappa shape index (κ1) is 10.2. The lowest BCUT2D eigenvalue weighted by Gasteiger charge is -2.33. The van der Waals surface area contributed by atoms with Gasteiger partial charge in [0.05, 0.1) is 6.54 Å². The second-order valence-electron chi connectivity index (χ2n) is 3.69. The number of carbonyl (C=O) groups excluding carboxylic acids is 2. The molecule has 1 heterocycles. The van der Waals surface area contributed by atoms with Gasteiger partial charge in [-0.2, -0.15) is 0 Å². The summed E-state index contributed by atoms with van der Waals surface area (Å²) in [6.45, 7) is 4.26. The van der Waals surface area contributed by atoms with Gasteiger partial charge in [0, 0.05) is 19.0 Å². The predicted octanol–water partition coefficient (Wildman–Crippen LogP) is 0.433. The monoisotopic (exact) mass is 184 g/mol. The number of carbonyl (C=O) groups is 2. The van der Waals surface area contributed by atoms with E-state index in [0.717, 1.165) is 12.7 Å². The van der Waals surface area contributed by atoms with E-state index in [1.165, 1.54) is 5.01 Å². The van der Waals surface area contributed by atoms with Crippen LogP contribution in [0.1, 0.15) is 26.7 Å². The van der Waals surface area contributed by atoms with Crippen molar-refractivity contribution in [1.82, 2.24) is 10.0 Å². The molecule has 1 fully saturated rings. The van der Waals surface area contributed by atoms with Crippen LogP contribution < -0.4 is 0 Å². The van der Waals surface area contributed by atoms with Gasteiger partial charge in [-0.25, -0.2) is 5.01 Å². The van der Waals surface area contributed by atoms with Gasteiger partial charge in [-0.3, -0.25) is 9.80 Å². The molecule has 1 saturated heterocycles. The molecule has 4 nitrogen and oxygen atoms in total. The Bertz CT molecular complexity index is 230. The standard InChI is InChI=1S/C9H16N2O2/c1-4-9(2)7-8(13)11(5-6-12)10(9)3/h6H,4-5,7H2,1-3H3. The zero-order valence-corrected chi connectivity index (χ0v) is 8.41. The van der Waals surface area contributed by atoms with Crippen LogP contribution in [0, 0.1) is 0 Å². The van der Waals surface area contributed by atoms with Crippen LogP contribution in [0.15, 0.2) is 0 Å². The molecule has 0 aromatic heterocycles. The lowest BCUT2D eigenvalue weighted by Crippen LogP contribution is -2.46. The van der Waals surface area contributed by atoms with E-state index in [0.29, 0.717) is 6.42 Å². The second-order valence-corrected chi connectivity index (χ2v) is 3.69. The Hall–Kier alpha value is -0.900. The van der Waals surface area contributed by atoms with Crippen molar-refractivity contribution in [3.8, 4) is 0 Å². The Kier molecular flexibility index (Phi) is 2.71. The van der Waals surface area contributed by atoms with Gasteiger partial charge in [0.25, 0.3) is 0 Å². The molecule has 1 unspecified atom stereocenters. The number of amides is 1. The maximum atomic E-state index is 11.5. The molecule has 0 saturated carbocycles. The van der Waals surface area contributed by atoms with E-state index in [-0.39, 0.29) is 18.0 Å². The highest BCUT2D eigenvalue weighted by Gasteiger charge is 2.42. The van der Waals surface area contributed by atoms with Gasteiger partial charge in [-0.1, -0.05) is 6.92 Å². The number of rotatable bonds is 3. The molecule has 0 radical (unpaired) electrons. The highest BCUT2D eigenvalue weighted by Crippen LogP contribution is 2.30. The van der Waals surface area contributed by atoms with Crippen molar-refractivity contribution >= 4 is 12.2 Å². The third-order valence-electron chi connectivity index (χ3n) is 2.97. The molecule has 1 aliphatic rings. The number of hydrazine groups is 1. The first-order valence-corrected chi connectivity index (χ1v) is 4.53. The molecule has 0 aromatic carbocycles. The van der Waals surface area contributed by atoms with Crippen LogP contribution in [-0.4, -0.2) is 41.3 Å². The topological polar surface area (TPSA) is 40.6 Å². The van der Waals surface area contributed by atoms with E-state index < -0.39 is 0 Å². The van der Waals surface area contributed by atoms with Crippen LogP contribution in [0.25, 0.3) is 0 Å². The molecule has 0 aliphatic carbocycles. The fraction of sp³-hybridized carbons (Fsp3) is 0.778.